The van der Waals surface area contributed by atoms with E-state index in [1.807, 2.05) is 0 Å². The molecule has 2 bridgehead atoms. The molecule has 1 aromatic carbocycles. The maximum Gasteiger partial charge on any atom is 0.238 e. The topological polar surface area (TPSA) is 37.4 Å². The van der Waals surface area contributed by atoms with Crippen LogP contribution in [0.15, 0.2) is 36.4 Å². The van der Waals surface area contributed by atoms with Crippen LogP contribution < -0.4 is 4.90 Å². The summed E-state index contributed by atoms with van der Waals surface area (Å²) in [4.78, 5) is 26.7. The smallest absolute Gasteiger partial charge is 0.238 e. The van der Waals surface area contributed by atoms with E-state index in [9.17, 15) is 9.59 Å². The average Bonchev–Trinajstić information content (AvgIpc) is 2.74. The van der Waals surface area contributed by atoms with Crippen molar-refractivity contribution in [1.82, 2.24) is 0 Å². The summed E-state index contributed by atoms with van der Waals surface area (Å²) < 4.78 is 0. The van der Waals surface area contributed by atoms with E-state index in [2.05, 4.69) is 12.2 Å². The summed E-state index contributed by atoms with van der Waals surface area (Å²) in [5, 5.41) is 0.541. The van der Waals surface area contributed by atoms with Crippen LogP contribution in [0.1, 0.15) is 12.8 Å². The van der Waals surface area contributed by atoms with E-state index in [4.69, 9.17) is 11.6 Å². The zero-order chi connectivity index (χ0) is 13.9. The molecule has 2 amide bonds. The van der Waals surface area contributed by atoms with E-state index in [0.717, 1.165) is 12.8 Å². The molecule has 3 aliphatic carbocycles. The van der Waals surface area contributed by atoms with Gasteiger partial charge in [0, 0.05) is 5.02 Å². The van der Waals surface area contributed by atoms with Crippen LogP contribution in [-0.2, 0) is 9.59 Å². The van der Waals surface area contributed by atoms with Crippen LogP contribution in [0.25, 0.3) is 0 Å². The van der Waals surface area contributed by atoms with Crippen molar-refractivity contribution in [2.75, 3.05) is 4.90 Å². The molecule has 1 aliphatic heterocycles. The summed E-state index contributed by atoms with van der Waals surface area (Å²) in [5.41, 5.74) is 0.598. The number of anilines is 1. The lowest BCUT2D eigenvalue weighted by atomic mass is 9.63. The molecule has 0 spiro atoms. The molecule has 20 heavy (non-hydrogen) atoms. The molecule has 4 atom stereocenters. The molecule has 0 N–H and O–H groups in total. The molecule has 0 radical (unpaired) electrons. The third-order valence-corrected chi connectivity index (χ3v) is 5.06. The van der Waals surface area contributed by atoms with Gasteiger partial charge in [0.2, 0.25) is 11.8 Å². The standard InChI is InChI=1S/C16H14ClNO2/c17-11-2-1-3-12(8-11)18-15(19)13-9-4-5-10(7-6-9)14(13)16(18)20/h1-5,8-10,13-14H,6-7H2. The minimum atomic E-state index is -0.162. The molecule has 4 aliphatic rings. The van der Waals surface area contributed by atoms with Gasteiger partial charge in [0.1, 0.15) is 0 Å². The summed E-state index contributed by atoms with van der Waals surface area (Å²) in [6, 6.07) is 6.97. The Kier molecular flexibility index (Phi) is 2.55. The predicted octanol–water partition coefficient (Wildman–Crippen LogP) is 3.04. The van der Waals surface area contributed by atoms with Gasteiger partial charge in [-0.3, -0.25) is 9.59 Å². The van der Waals surface area contributed by atoms with Crippen LogP contribution in [0.2, 0.25) is 5.02 Å². The summed E-state index contributed by atoms with van der Waals surface area (Å²) in [5.74, 6) is 0.0226. The van der Waals surface area contributed by atoms with Crippen LogP contribution in [0, 0.1) is 23.7 Å². The fourth-order valence-electron chi connectivity index (χ4n) is 3.94. The van der Waals surface area contributed by atoms with Gasteiger partial charge in [-0.25, -0.2) is 4.90 Å². The molecule has 1 saturated heterocycles. The first-order valence-corrected chi connectivity index (χ1v) is 7.36. The number of amides is 2. The lowest BCUT2D eigenvalue weighted by Gasteiger charge is -2.38. The lowest BCUT2D eigenvalue weighted by Crippen LogP contribution is -2.38. The van der Waals surface area contributed by atoms with Crippen LogP contribution in [0.3, 0.4) is 0 Å². The zero-order valence-electron chi connectivity index (χ0n) is 10.8. The van der Waals surface area contributed by atoms with Crippen molar-refractivity contribution in [1.29, 1.82) is 0 Å². The highest BCUT2D eigenvalue weighted by molar-refractivity contribution is 6.31. The lowest BCUT2D eigenvalue weighted by molar-refractivity contribution is -0.124. The van der Waals surface area contributed by atoms with Crippen molar-refractivity contribution < 1.29 is 9.59 Å². The molecule has 3 nitrogen and oxygen atoms in total. The van der Waals surface area contributed by atoms with Gasteiger partial charge in [0.25, 0.3) is 0 Å². The van der Waals surface area contributed by atoms with Gasteiger partial charge in [-0.15, -0.1) is 0 Å². The Morgan fingerprint density at radius 1 is 1.00 bits per heavy atom. The minimum absolute atomic E-state index is 0.0543. The zero-order valence-corrected chi connectivity index (χ0v) is 11.6. The van der Waals surface area contributed by atoms with Crippen molar-refractivity contribution in [2.45, 2.75) is 12.8 Å². The maximum atomic E-state index is 12.7. The SMILES string of the molecule is O=C1C2C3C=CC(CC3)C2C(=O)N1c1cccc(Cl)c1. The molecule has 1 saturated carbocycles. The Morgan fingerprint density at radius 2 is 1.60 bits per heavy atom. The van der Waals surface area contributed by atoms with Gasteiger partial charge in [-0.05, 0) is 42.9 Å². The number of benzene rings is 1. The van der Waals surface area contributed by atoms with Crippen molar-refractivity contribution >= 4 is 29.1 Å². The van der Waals surface area contributed by atoms with E-state index in [-0.39, 0.29) is 35.5 Å². The van der Waals surface area contributed by atoms with E-state index in [1.165, 1.54) is 4.90 Å². The number of rotatable bonds is 1. The van der Waals surface area contributed by atoms with E-state index >= 15 is 0 Å². The normalized spacial score (nSPS) is 34.8. The number of halogens is 1. The largest absolute Gasteiger partial charge is 0.274 e. The number of allylic oxidation sites excluding steroid dienone is 2. The summed E-state index contributed by atoms with van der Waals surface area (Å²) in [7, 11) is 0. The van der Waals surface area contributed by atoms with Gasteiger partial charge in [-0.1, -0.05) is 29.8 Å². The van der Waals surface area contributed by atoms with Crippen LogP contribution in [-0.4, -0.2) is 11.8 Å². The Labute approximate surface area is 122 Å². The third kappa shape index (κ3) is 1.53. The van der Waals surface area contributed by atoms with E-state index in [1.54, 1.807) is 24.3 Å². The highest BCUT2D eigenvalue weighted by Crippen LogP contribution is 2.50. The van der Waals surface area contributed by atoms with Gasteiger partial charge < -0.3 is 0 Å². The number of carbonyl (C=O) groups is 2. The fraction of sp³-hybridized carbons (Fsp3) is 0.375. The number of hydrogen-bond acceptors (Lipinski definition) is 2. The monoisotopic (exact) mass is 287 g/mol. The number of carbonyl (C=O) groups excluding carboxylic acids is 2. The molecule has 1 aromatic rings. The van der Waals surface area contributed by atoms with Gasteiger partial charge >= 0.3 is 0 Å². The van der Waals surface area contributed by atoms with Crippen molar-refractivity contribution in [3.8, 4) is 0 Å². The molecule has 5 rings (SSSR count). The highest BCUT2D eigenvalue weighted by Gasteiger charge is 2.56. The predicted molar refractivity (Wildman–Crippen MR) is 76.3 cm³/mol. The van der Waals surface area contributed by atoms with Crippen molar-refractivity contribution in [2.24, 2.45) is 23.7 Å². The highest BCUT2D eigenvalue weighted by atomic mass is 35.5. The first kappa shape index (κ1) is 12.2. The second kappa shape index (κ2) is 4.19. The summed E-state index contributed by atoms with van der Waals surface area (Å²) >= 11 is 5.98. The second-order valence-electron chi connectivity index (χ2n) is 5.83. The second-order valence-corrected chi connectivity index (χ2v) is 6.27. The molecule has 2 fully saturated rings. The maximum absolute atomic E-state index is 12.7. The summed E-state index contributed by atoms with van der Waals surface area (Å²) in [6.07, 6.45) is 6.29. The van der Waals surface area contributed by atoms with Crippen LogP contribution >= 0.6 is 11.6 Å². The Hall–Kier alpha value is -1.61. The fourth-order valence-corrected chi connectivity index (χ4v) is 4.13. The first-order chi connectivity index (χ1) is 9.66. The Morgan fingerprint density at radius 3 is 2.10 bits per heavy atom. The average molecular weight is 288 g/mol. The third-order valence-electron chi connectivity index (χ3n) is 4.83. The van der Waals surface area contributed by atoms with Crippen molar-refractivity contribution in [3.05, 3.63) is 41.4 Å². The molecule has 4 heteroatoms. The number of fused-ring (bicyclic) bond motifs is 1. The molecule has 102 valence electrons. The Bertz CT molecular complexity index is 607. The van der Waals surface area contributed by atoms with Gasteiger partial charge in [-0.2, -0.15) is 0 Å². The quantitative estimate of drug-likeness (QED) is 0.588. The molecule has 4 unspecified atom stereocenters. The van der Waals surface area contributed by atoms with Crippen molar-refractivity contribution in [3.63, 3.8) is 0 Å². The van der Waals surface area contributed by atoms with Gasteiger partial charge in [0.05, 0.1) is 17.5 Å². The van der Waals surface area contributed by atoms with Gasteiger partial charge in [0.15, 0.2) is 0 Å². The molecule has 1 heterocycles. The number of imide groups is 1. The van der Waals surface area contributed by atoms with E-state index in [0.29, 0.717) is 10.7 Å². The first-order valence-electron chi connectivity index (χ1n) is 6.98. The van der Waals surface area contributed by atoms with Crippen LogP contribution in [0.4, 0.5) is 5.69 Å². The molecular weight excluding hydrogens is 274 g/mol. The Balaban J connectivity index is 1.77. The number of hydrogen-bond donors (Lipinski definition) is 0. The molecular formula is C16H14ClNO2. The van der Waals surface area contributed by atoms with E-state index < -0.39 is 0 Å². The van der Waals surface area contributed by atoms with Crippen LogP contribution in [0.5, 0.6) is 0 Å². The summed E-state index contributed by atoms with van der Waals surface area (Å²) in [6.45, 7) is 0. The number of nitrogens with zero attached hydrogens (tertiary/aromatic N) is 1. The molecule has 0 aromatic heterocycles. The minimum Gasteiger partial charge on any atom is -0.274 e.